The van der Waals surface area contributed by atoms with Crippen molar-refractivity contribution in [3.05, 3.63) is 35.4 Å². The molecule has 1 aromatic rings. The molecule has 0 saturated heterocycles. The molecule has 1 aromatic carbocycles. The van der Waals surface area contributed by atoms with Crippen molar-refractivity contribution in [2.24, 2.45) is 11.3 Å². The molecule has 1 unspecified atom stereocenters. The molecule has 0 aromatic heterocycles. The molecule has 3 nitrogen and oxygen atoms in total. The van der Waals surface area contributed by atoms with Crippen LogP contribution in [0.2, 0.25) is 0 Å². The lowest BCUT2D eigenvalue weighted by atomic mass is 9.84. The van der Waals surface area contributed by atoms with E-state index in [1.165, 1.54) is 0 Å². The van der Waals surface area contributed by atoms with E-state index in [1.54, 1.807) is 0 Å². The van der Waals surface area contributed by atoms with Gasteiger partial charge in [-0.1, -0.05) is 39.0 Å². The fourth-order valence-corrected chi connectivity index (χ4v) is 2.62. The van der Waals surface area contributed by atoms with Crippen molar-refractivity contribution in [2.75, 3.05) is 0 Å². The van der Waals surface area contributed by atoms with Gasteiger partial charge in [-0.05, 0) is 25.0 Å². The van der Waals surface area contributed by atoms with E-state index in [2.05, 4.69) is 0 Å². The number of carbonyl (C=O) groups excluding carboxylic acids is 2. The van der Waals surface area contributed by atoms with Gasteiger partial charge in [0, 0.05) is 28.9 Å². The van der Waals surface area contributed by atoms with Crippen molar-refractivity contribution in [2.45, 2.75) is 46.1 Å². The standard InChI is InChI=1S/C19H22O3/c1-19(2,3)17(20)11-16-14(18(21)12-8-9-12)10-13-6-4-5-7-15(13)22-16/h4-7,10,12,16H,8-9,11H2,1-3H3. The van der Waals surface area contributed by atoms with Gasteiger partial charge in [0.25, 0.3) is 0 Å². The third-order valence-electron chi connectivity index (χ3n) is 4.29. The third-order valence-corrected chi connectivity index (χ3v) is 4.29. The number of ether oxygens (including phenoxy) is 1. The van der Waals surface area contributed by atoms with Crippen molar-refractivity contribution in [1.29, 1.82) is 0 Å². The average Bonchev–Trinajstić information content (AvgIpc) is 3.29. The van der Waals surface area contributed by atoms with E-state index in [1.807, 2.05) is 51.1 Å². The van der Waals surface area contributed by atoms with Crippen LogP contribution in [0.3, 0.4) is 0 Å². The van der Waals surface area contributed by atoms with Gasteiger partial charge in [0.1, 0.15) is 17.6 Å². The Bertz CT molecular complexity index is 645. The van der Waals surface area contributed by atoms with E-state index in [-0.39, 0.29) is 23.9 Å². The highest BCUT2D eigenvalue weighted by Gasteiger charge is 2.38. The van der Waals surface area contributed by atoms with Gasteiger partial charge in [-0.3, -0.25) is 9.59 Å². The summed E-state index contributed by atoms with van der Waals surface area (Å²) in [5.74, 6) is 1.15. The van der Waals surface area contributed by atoms with Crippen LogP contribution in [0.15, 0.2) is 29.8 Å². The Balaban J connectivity index is 1.91. The first-order chi connectivity index (χ1) is 10.4. The van der Waals surface area contributed by atoms with Gasteiger partial charge in [-0.15, -0.1) is 0 Å². The minimum atomic E-state index is -0.449. The first-order valence-corrected chi connectivity index (χ1v) is 7.91. The van der Waals surface area contributed by atoms with Crippen molar-refractivity contribution in [3.8, 4) is 5.75 Å². The van der Waals surface area contributed by atoms with Gasteiger partial charge in [0.15, 0.2) is 5.78 Å². The molecule has 1 aliphatic heterocycles. The molecular weight excluding hydrogens is 276 g/mol. The second kappa shape index (κ2) is 5.38. The Labute approximate surface area is 131 Å². The first kappa shape index (κ1) is 15.0. The number of benzene rings is 1. The lowest BCUT2D eigenvalue weighted by Gasteiger charge is -2.28. The number of carbonyl (C=O) groups is 2. The van der Waals surface area contributed by atoms with Gasteiger partial charge in [0.05, 0.1) is 0 Å². The number of rotatable bonds is 4. The SMILES string of the molecule is CC(C)(C)C(=O)CC1Oc2ccccc2C=C1C(=O)C1CC1. The highest BCUT2D eigenvalue weighted by molar-refractivity contribution is 6.04. The number of hydrogen-bond acceptors (Lipinski definition) is 3. The minimum Gasteiger partial charge on any atom is -0.485 e. The van der Waals surface area contributed by atoms with Gasteiger partial charge < -0.3 is 4.74 Å². The molecule has 1 aliphatic carbocycles. The number of hydrogen-bond donors (Lipinski definition) is 0. The highest BCUT2D eigenvalue weighted by Crippen LogP contribution is 2.38. The van der Waals surface area contributed by atoms with Crippen LogP contribution >= 0.6 is 0 Å². The zero-order valence-electron chi connectivity index (χ0n) is 13.4. The molecule has 0 bridgehead atoms. The molecule has 0 amide bonds. The van der Waals surface area contributed by atoms with Crippen LogP contribution in [0, 0.1) is 11.3 Å². The second-order valence-corrected chi connectivity index (χ2v) is 7.26. The third kappa shape index (κ3) is 2.99. The minimum absolute atomic E-state index is 0.117. The summed E-state index contributed by atoms with van der Waals surface area (Å²) in [4.78, 5) is 24.9. The summed E-state index contributed by atoms with van der Waals surface area (Å²) in [6.45, 7) is 5.70. The van der Waals surface area contributed by atoms with E-state index < -0.39 is 11.5 Å². The van der Waals surface area contributed by atoms with Crippen molar-refractivity contribution in [1.82, 2.24) is 0 Å². The largest absolute Gasteiger partial charge is 0.485 e. The van der Waals surface area contributed by atoms with Crippen LogP contribution in [0.5, 0.6) is 5.75 Å². The molecular formula is C19H22O3. The molecule has 1 saturated carbocycles. The number of fused-ring (bicyclic) bond motifs is 1. The highest BCUT2D eigenvalue weighted by atomic mass is 16.5. The van der Waals surface area contributed by atoms with E-state index in [0.29, 0.717) is 5.57 Å². The summed E-state index contributed by atoms with van der Waals surface area (Å²) in [6, 6.07) is 7.66. The summed E-state index contributed by atoms with van der Waals surface area (Å²) < 4.78 is 6.00. The molecule has 3 rings (SSSR count). The first-order valence-electron chi connectivity index (χ1n) is 7.91. The predicted molar refractivity (Wildman–Crippen MR) is 85.6 cm³/mol. The molecule has 0 radical (unpaired) electrons. The fourth-order valence-electron chi connectivity index (χ4n) is 2.62. The summed E-state index contributed by atoms with van der Waals surface area (Å²) in [7, 11) is 0. The maximum absolute atomic E-state index is 12.6. The normalized spacial score (nSPS) is 20.7. The fraction of sp³-hybridized carbons (Fsp3) is 0.474. The number of para-hydroxylation sites is 1. The van der Waals surface area contributed by atoms with Crippen LogP contribution in [0.4, 0.5) is 0 Å². The maximum atomic E-state index is 12.6. The Morgan fingerprint density at radius 3 is 2.50 bits per heavy atom. The lowest BCUT2D eigenvalue weighted by Crippen LogP contribution is -2.34. The van der Waals surface area contributed by atoms with E-state index in [9.17, 15) is 9.59 Å². The van der Waals surface area contributed by atoms with Gasteiger partial charge in [-0.25, -0.2) is 0 Å². The van der Waals surface area contributed by atoms with E-state index in [4.69, 9.17) is 4.74 Å². The molecule has 1 atom stereocenters. The van der Waals surface area contributed by atoms with E-state index in [0.717, 1.165) is 24.2 Å². The van der Waals surface area contributed by atoms with E-state index >= 15 is 0 Å². The summed E-state index contributed by atoms with van der Waals surface area (Å²) in [5.41, 5.74) is 1.17. The van der Waals surface area contributed by atoms with Gasteiger partial charge in [-0.2, -0.15) is 0 Å². The Morgan fingerprint density at radius 1 is 1.18 bits per heavy atom. The summed E-state index contributed by atoms with van der Waals surface area (Å²) in [5, 5.41) is 0. The molecule has 1 fully saturated rings. The second-order valence-electron chi connectivity index (χ2n) is 7.26. The number of ketones is 2. The molecule has 0 spiro atoms. The average molecular weight is 298 g/mol. The smallest absolute Gasteiger partial charge is 0.165 e. The van der Waals surface area contributed by atoms with Crippen molar-refractivity contribution < 1.29 is 14.3 Å². The van der Waals surface area contributed by atoms with Gasteiger partial charge >= 0.3 is 0 Å². The molecule has 1 heterocycles. The van der Waals surface area contributed by atoms with Crippen LogP contribution in [-0.2, 0) is 9.59 Å². The topological polar surface area (TPSA) is 43.4 Å². The van der Waals surface area contributed by atoms with Gasteiger partial charge in [0.2, 0.25) is 0 Å². The zero-order chi connectivity index (χ0) is 15.9. The predicted octanol–water partition coefficient (Wildman–Crippen LogP) is 3.82. The molecule has 3 heteroatoms. The molecule has 116 valence electrons. The van der Waals surface area contributed by atoms with Crippen LogP contribution < -0.4 is 4.74 Å². The monoisotopic (exact) mass is 298 g/mol. The molecule has 2 aliphatic rings. The molecule has 0 N–H and O–H groups in total. The Kier molecular flexibility index (Phi) is 3.67. The summed E-state index contributed by atoms with van der Waals surface area (Å²) >= 11 is 0. The Hall–Kier alpha value is -1.90. The lowest BCUT2D eigenvalue weighted by molar-refractivity contribution is -0.127. The van der Waals surface area contributed by atoms with Crippen LogP contribution in [0.25, 0.3) is 6.08 Å². The Morgan fingerprint density at radius 2 is 1.86 bits per heavy atom. The van der Waals surface area contributed by atoms with Crippen molar-refractivity contribution in [3.63, 3.8) is 0 Å². The van der Waals surface area contributed by atoms with Crippen LogP contribution in [-0.4, -0.2) is 17.7 Å². The van der Waals surface area contributed by atoms with Crippen molar-refractivity contribution >= 4 is 17.6 Å². The van der Waals surface area contributed by atoms with Crippen LogP contribution in [0.1, 0.15) is 45.6 Å². The zero-order valence-corrected chi connectivity index (χ0v) is 13.4. The number of Topliss-reactive ketones (excluding diaryl/α,β-unsaturated/α-hetero) is 2. The quantitative estimate of drug-likeness (QED) is 0.849. The molecule has 22 heavy (non-hydrogen) atoms. The summed E-state index contributed by atoms with van der Waals surface area (Å²) in [6.07, 6.45) is 3.63. The maximum Gasteiger partial charge on any atom is 0.165 e.